The number of nitrogens with zero attached hydrogens (tertiary/aromatic N) is 2. The lowest BCUT2D eigenvalue weighted by Gasteiger charge is -2.11. The van der Waals surface area contributed by atoms with E-state index in [1.165, 1.54) is 16.2 Å². The van der Waals surface area contributed by atoms with Gasteiger partial charge in [0.25, 0.3) is 0 Å². The van der Waals surface area contributed by atoms with Gasteiger partial charge in [-0.25, -0.2) is 9.78 Å². The standard InChI is InChI=1S/C14H15N3O3S/c1-9-2-3-10-11(8-9)21-13(15-10)16-12(18)4-5-17-6-7-20-14(17)19/h2-3,8H,4-7H2,1H3,(H,15,16,18). The molecule has 3 rings (SSSR count). The molecule has 0 aliphatic carbocycles. The van der Waals surface area contributed by atoms with Crippen molar-refractivity contribution in [1.82, 2.24) is 9.88 Å². The third kappa shape index (κ3) is 3.13. The van der Waals surface area contributed by atoms with Crippen LogP contribution in [0.5, 0.6) is 0 Å². The van der Waals surface area contributed by atoms with Crippen LogP contribution in [0.3, 0.4) is 0 Å². The minimum Gasteiger partial charge on any atom is -0.448 e. The van der Waals surface area contributed by atoms with E-state index in [-0.39, 0.29) is 18.4 Å². The van der Waals surface area contributed by atoms with E-state index in [0.29, 0.717) is 24.8 Å². The fraction of sp³-hybridized carbons (Fsp3) is 0.357. The van der Waals surface area contributed by atoms with E-state index in [0.717, 1.165) is 15.8 Å². The summed E-state index contributed by atoms with van der Waals surface area (Å²) < 4.78 is 5.86. The average Bonchev–Trinajstić information content (AvgIpc) is 3.01. The van der Waals surface area contributed by atoms with Crippen molar-refractivity contribution in [2.24, 2.45) is 0 Å². The molecule has 1 aliphatic heterocycles. The van der Waals surface area contributed by atoms with Crippen molar-refractivity contribution in [3.63, 3.8) is 0 Å². The Kier molecular flexibility index (Phi) is 3.74. The van der Waals surface area contributed by atoms with Gasteiger partial charge in [-0.15, -0.1) is 0 Å². The second-order valence-electron chi connectivity index (χ2n) is 4.89. The molecule has 0 radical (unpaired) electrons. The molecule has 0 unspecified atom stereocenters. The highest BCUT2D eigenvalue weighted by Crippen LogP contribution is 2.26. The number of nitrogens with one attached hydrogen (secondary N) is 1. The maximum Gasteiger partial charge on any atom is 0.409 e. The molecular formula is C14H15N3O3S. The highest BCUT2D eigenvalue weighted by Gasteiger charge is 2.22. The van der Waals surface area contributed by atoms with Gasteiger partial charge in [-0.1, -0.05) is 17.4 Å². The molecule has 1 saturated heterocycles. The lowest BCUT2D eigenvalue weighted by molar-refractivity contribution is -0.116. The first-order valence-corrected chi connectivity index (χ1v) is 7.52. The number of rotatable bonds is 4. The van der Waals surface area contributed by atoms with Crippen LogP contribution < -0.4 is 5.32 Å². The van der Waals surface area contributed by atoms with E-state index in [9.17, 15) is 9.59 Å². The number of cyclic esters (lactones) is 1. The van der Waals surface area contributed by atoms with Gasteiger partial charge in [0.2, 0.25) is 5.91 Å². The van der Waals surface area contributed by atoms with Crippen LogP contribution >= 0.6 is 11.3 Å². The van der Waals surface area contributed by atoms with Crippen molar-refractivity contribution in [2.45, 2.75) is 13.3 Å². The predicted octanol–water partition coefficient (Wildman–Crippen LogP) is 2.39. The van der Waals surface area contributed by atoms with Crippen molar-refractivity contribution in [3.8, 4) is 0 Å². The molecule has 2 aromatic rings. The molecule has 1 aromatic carbocycles. The molecule has 7 heteroatoms. The van der Waals surface area contributed by atoms with Gasteiger partial charge in [0, 0.05) is 13.0 Å². The number of thiazole rings is 1. The summed E-state index contributed by atoms with van der Waals surface area (Å²) in [6.07, 6.45) is -0.109. The number of carbonyl (C=O) groups excluding carboxylic acids is 2. The smallest absolute Gasteiger partial charge is 0.409 e. The number of fused-ring (bicyclic) bond motifs is 1. The molecule has 0 spiro atoms. The Morgan fingerprint density at radius 1 is 1.52 bits per heavy atom. The monoisotopic (exact) mass is 305 g/mol. The fourth-order valence-corrected chi connectivity index (χ4v) is 3.11. The van der Waals surface area contributed by atoms with Gasteiger partial charge in [-0.05, 0) is 24.6 Å². The number of hydrogen-bond donors (Lipinski definition) is 1. The maximum absolute atomic E-state index is 11.9. The highest BCUT2D eigenvalue weighted by atomic mass is 32.1. The first-order chi connectivity index (χ1) is 10.1. The normalized spacial score (nSPS) is 14.5. The Morgan fingerprint density at radius 3 is 3.14 bits per heavy atom. The van der Waals surface area contributed by atoms with E-state index in [2.05, 4.69) is 10.3 Å². The van der Waals surface area contributed by atoms with Crippen LogP contribution in [-0.4, -0.2) is 41.6 Å². The van der Waals surface area contributed by atoms with Crippen molar-refractivity contribution in [2.75, 3.05) is 25.0 Å². The lowest BCUT2D eigenvalue weighted by atomic mass is 10.2. The molecule has 110 valence electrons. The quantitative estimate of drug-likeness (QED) is 0.941. The average molecular weight is 305 g/mol. The molecule has 21 heavy (non-hydrogen) atoms. The molecule has 1 fully saturated rings. The summed E-state index contributed by atoms with van der Waals surface area (Å²) in [5.74, 6) is -0.148. The van der Waals surface area contributed by atoms with Gasteiger partial charge >= 0.3 is 6.09 Å². The molecule has 1 aromatic heterocycles. The van der Waals surface area contributed by atoms with Crippen molar-refractivity contribution in [3.05, 3.63) is 23.8 Å². The summed E-state index contributed by atoms with van der Waals surface area (Å²) in [6.45, 7) is 3.34. The Morgan fingerprint density at radius 2 is 2.38 bits per heavy atom. The van der Waals surface area contributed by atoms with Crippen LogP contribution in [0.4, 0.5) is 9.93 Å². The Balaban J connectivity index is 1.59. The zero-order valence-corrected chi connectivity index (χ0v) is 12.4. The van der Waals surface area contributed by atoms with Gasteiger partial charge < -0.3 is 15.0 Å². The van der Waals surface area contributed by atoms with Crippen LogP contribution in [0.25, 0.3) is 10.2 Å². The second kappa shape index (κ2) is 5.69. The summed E-state index contributed by atoms with van der Waals surface area (Å²) in [7, 11) is 0. The van der Waals surface area contributed by atoms with Crippen LogP contribution in [0.2, 0.25) is 0 Å². The molecule has 0 atom stereocenters. The van der Waals surface area contributed by atoms with Crippen LogP contribution in [-0.2, 0) is 9.53 Å². The number of ether oxygens (including phenoxy) is 1. The molecule has 0 bridgehead atoms. The number of carbonyl (C=O) groups is 2. The SMILES string of the molecule is Cc1ccc2nc(NC(=O)CCN3CCOC3=O)sc2c1. The number of benzene rings is 1. The Bertz CT molecular complexity index is 698. The van der Waals surface area contributed by atoms with E-state index < -0.39 is 0 Å². The fourth-order valence-electron chi connectivity index (χ4n) is 2.13. The second-order valence-corrected chi connectivity index (χ2v) is 5.92. The number of hydrogen-bond acceptors (Lipinski definition) is 5. The number of anilines is 1. The number of amides is 2. The van der Waals surface area contributed by atoms with Crippen LogP contribution in [0.15, 0.2) is 18.2 Å². The molecule has 1 N–H and O–H groups in total. The van der Waals surface area contributed by atoms with Gasteiger partial charge in [-0.2, -0.15) is 0 Å². The van der Waals surface area contributed by atoms with Crippen molar-refractivity contribution >= 4 is 38.7 Å². The van der Waals surface area contributed by atoms with Crippen molar-refractivity contribution in [1.29, 1.82) is 0 Å². The molecule has 0 saturated carbocycles. The van der Waals surface area contributed by atoms with Crippen LogP contribution in [0.1, 0.15) is 12.0 Å². The number of aryl methyl sites for hydroxylation is 1. The van der Waals surface area contributed by atoms with E-state index >= 15 is 0 Å². The minimum absolute atomic E-state index is 0.148. The summed E-state index contributed by atoms with van der Waals surface area (Å²) in [5.41, 5.74) is 2.04. The first kappa shape index (κ1) is 13.8. The first-order valence-electron chi connectivity index (χ1n) is 6.70. The van der Waals surface area contributed by atoms with Gasteiger partial charge in [0.15, 0.2) is 5.13 Å². The number of aromatic nitrogens is 1. The summed E-state index contributed by atoms with van der Waals surface area (Å²) in [5, 5.41) is 3.37. The third-order valence-corrected chi connectivity index (χ3v) is 4.18. The molecule has 2 heterocycles. The van der Waals surface area contributed by atoms with Gasteiger partial charge in [-0.3, -0.25) is 4.79 Å². The predicted molar refractivity (Wildman–Crippen MR) is 80.5 cm³/mol. The van der Waals surface area contributed by atoms with E-state index in [1.807, 2.05) is 25.1 Å². The molecule has 1 aliphatic rings. The van der Waals surface area contributed by atoms with Crippen molar-refractivity contribution < 1.29 is 14.3 Å². The summed E-state index contributed by atoms with van der Waals surface area (Å²) in [6, 6.07) is 5.98. The molecule has 2 amide bonds. The van der Waals surface area contributed by atoms with E-state index in [1.54, 1.807) is 0 Å². The van der Waals surface area contributed by atoms with E-state index in [4.69, 9.17) is 4.74 Å². The topological polar surface area (TPSA) is 71.5 Å². The third-order valence-electron chi connectivity index (χ3n) is 3.24. The maximum atomic E-state index is 11.9. The summed E-state index contributed by atoms with van der Waals surface area (Å²) in [4.78, 5) is 29.1. The molecular weight excluding hydrogens is 290 g/mol. The zero-order chi connectivity index (χ0) is 14.8. The summed E-state index contributed by atoms with van der Waals surface area (Å²) >= 11 is 1.45. The highest BCUT2D eigenvalue weighted by molar-refractivity contribution is 7.22. The molecule has 6 nitrogen and oxygen atoms in total. The minimum atomic E-state index is -0.349. The largest absolute Gasteiger partial charge is 0.448 e. The van der Waals surface area contributed by atoms with Gasteiger partial charge in [0.1, 0.15) is 6.61 Å². The van der Waals surface area contributed by atoms with Gasteiger partial charge in [0.05, 0.1) is 16.8 Å². The lowest BCUT2D eigenvalue weighted by Crippen LogP contribution is -2.28. The Labute approximate surface area is 125 Å². The Hall–Kier alpha value is -2.15. The van der Waals surface area contributed by atoms with Crippen LogP contribution in [0, 0.1) is 6.92 Å². The zero-order valence-electron chi connectivity index (χ0n) is 11.6.